The van der Waals surface area contributed by atoms with E-state index in [1.54, 1.807) is 32.5 Å². The molecule has 2 N–H and O–H groups in total. The summed E-state index contributed by atoms with van der Waals surface area (Å²) in [7, 11) is -0.581. The molecular weight excluding hydrogens is 576 g/mol. The van der Waals surface area contributed by atoms with Gasteiger partial charge in [0.15, 0.2) is 17.8 Å². The van der Waals surface area contributed by atoms with Crippen molar-refractivity contribution >= 4 is 46.2 Å². The van der Waals surface area contributed by atoms with Crippen LogP contribution in [0.3, 0.4) is 0 Å². The number of rotatable bonds is 12. The fourth-order valence-electron chi connectivity index (χ4n) is 4.00. The average molecular weight is 606 g/mol. The Morgan fingerprint density at radius 3 is 2.60 bits per heavy atom. The second-order valence-electron chi connectivity index (χ2n) is 9.14. The van der Waals surface area contributed by atoms with E-state index < -0.39 is 25.6 Å². The summed E-state index contributed by atoms with van der Waals surface area (Å²) in [6.07, 6.45) is 1.43. The smallest absolute Gasteiger partial charge is 0.405 e. The zero-order valence-corrected chi connectivity index (χ0v) is 24.2. The van der Waals surface area contributed by atoms with Crippen LogP contribution in [0.4, 0.5) is 10.2 Å². The van der Waals surface area contributed by atoms with E-state index in [0.29, 0.717) is 35.8 Å². The van der Waals surface area contributed by atoms with Crippen LogP contribution in [0.25, 0.3) is 11.2 Å². The number of nitrogens with zero attached hydrogens (tertiary/aromatic N) is 4. The number of nitrogen functional groups attached to an aromatic ring is 1. The molecule has 4 aromatic rings. The van der Waals surface area contributed by atoms with Crippen molar-refractivity contribution in [2.24, 2.45) is 0 Å². The summed E-state index contributed by atoms with van der Waals surface area (Å²) >= 11 is 0. The molecule has 0 spiro atoms. The fourth-order valence-corrected chi connectivity index (χ4v) is 8.19. The van der Waals surface area contributed by atoms with Crippen LogP contribution in [-0.4, -0.2) is 55.7 Å². The summed E-state index contributed by atoms with van der Waals surface area (Å²) in [4.78, 5) is 12.5. The van der Waals surface area contributed by atoms with Crippen LogP contribution in [-0.2, 0) is 31.7 Å². The Morgan fingerprint density at radius 1 is 1.07 bits per heavy atom. The predicted octanol–water partition coefficient (Wildman–Crippen LogP) is 5.55. The third-order valence-corrected chi connectivity index (χ3v) is 9.98. The molecule has 1 fully saturated rings. The molecule has 0 radical (unpaired) electrons. The van der Waals surface area contributed by atoms with Crippen LogP contribution in [0, 0.1) is 5.82 Å². The molecule has 0 aliphatic carbocycles. The summed E-state index contributed by atoms with van der Waals surface area (Å²) in [6, 6.07) is 15.1. The second kappa shape index (κ2) is 13.3. The van der Waals surface area contributed by atoms with Gasteiger partial charge in [0, 0.05) is 11.5 Å². The molecule has 14 heteroatoms. The molecule has 2 aromatic carbocycles. The molecule has 1 aliphatic rings. The summed E-state index contributed by atoms with van der Waals surface area (Å²) in [5, 5.41) is 0. The van der Waals surface area contributed by atoms with E-state index in [9.17, 15) is 8.96 Å². The number of hydrogen-bond donors (Lipinski definition) is 1. The highest BCUT2D eigenvalue weighted by molar-refractivity contribution is 8.76. The van der Waals surface area contributed by atoms with E-state index >= 15 is 0 Å². The molecule has 10 nitrogen and oxygen atoms in total. The van der Waals surface area contributed by atoms with Crippen molar-refractivity contribution in [1.29, 1.82) is 0 Å². The lowest BCUT2D eigenvalue weighted by Gasteiger charge is -2.33. The Bertz CT molecular complexity index is 1450. The van der Waals surface area contributed by atoms with Crippen LogP contribution >= 0.6 is 29.2 Å². The van der Waals surface area contributed by atoms with E-state index in [-0.39, 0.29) is 24.0 Å². The van der Waals surface area contributed by atoms with Crippen molar-refractivity contribution in [1.82, 2.24) is 19.5 Å². The largest absolute Gasteiger partial charge is 0.423 e. The second-order valence-corrected chi connectivity index (χ2v) is 13.6. The number of ether oxygens (including phenoxy) is 2. The number of anilines is 1. The SMILES string of the molecule is C[C@H](Cn1cnc2c(N)ncnc21)OCP(=O)(Oc1ccc(F)cc1)O[C@H]1CSSC[C@@H]1OCc1ccccc1. The Kier molecular flexibility index (Phi) is 9.61. The van der Waals surface area contributed by atoms with Crippen molar-refractivity contribution in [3.05, 3.63) is 78.6 Å². The third kappa shape index (κ3) is 7.54. The normalized spacial score (nSPS) is 19.8. The Balaban J connectivity index is 1.28. The lowest BCUT2D eigenvalue weighted by molar-refractivity contribution is -0.0192. The van der Waals surface area contributed by atoms with Crippen molar-refractivity contribution in [3.8, 4) is 5.75 Å². The van der Waals surface area contributed by atoms with E-state index in [1.165, 1.54) is 30.6 Å². The zero-order valence-electron chi connectivity index (χ0n) is 21.7. The molecule has 5 rings (SSSR count). The summed E-state index contributed by atoms with van der Waals surface area (Å²) < 4.78 is 53.6. The quantitative estimate of drug-likeness (QED) is 0.162. The van der Waals surface area contributed by atoms with Gasteiger partial charge in [-0.1, -0.05) is 51.9 Å². The van der Waals surface area contributed by atoms with Gasteiger partial charge in [0.05, 0.1) is 31.7 Å². The zero-order chi connectivity index (χ0) is 28.0. The highest BCUT2D eigenvalue weighted by atomic mass is 33.1. The third-order valence-electron chi connectivity index (χ3n) is 6.02. The molecule has 0 saturated carbocycles. The molecule has 40 heavy (non-hydrogen) atoms. The molecule has 1 saturated heterocycles. The number of aromatic nitrogens is 4. The van der Waals surface area contributed by atoms with Gasteiger partial charge in [-0.05, 0) is 36.8 Å². The standard InChI is InChI=1S/C26H29FN5O5PS2/c1-18(11-32-16-31-24-25(28)29-15-30-26(24)32)35-17-38(33,36-21-9-7-20(27)8-10-21)37-23-14-40-39-13-22(23)34-12-19-5-3-2-4-6-19/h2-10,15-16,18,22-23H,11-14,17H2,1H3,(H2,28,29,30)/t18-,22+,23+,38?/m1/s1. The highest BCUT2D eigenvalue weighted by Gasteiger charge is 2.38. The number of fused-ring (bicyclic) bond motifs is 1. The van der Waals surface area contributed by atoms with E-state index in [4.69, 9.17) is 24.3 Å². The molecule has 3 heterocycles. The maximum Gasteiger partial charge on any atom is 0.405 e. The number of imidazole rings is 1. The summed E-state index contributed by atoms with van der Waals surface area (Å²) in [5.41, 5.74) is 7.99. The van der Waals surface area contributed by atoms with Gasteiger partial charge in [-0.2, -0.15) is 0 Å². The minimum atomic E-state index is -3.88. The first-order chi connectivity index (χ1) is 19.4. The van der Waals surface area contributed by atoms with E-state index in [1.807, 2.05) is 37.3 Å². The number of hydrogen-bond acceptors (Lipinski definition) is 11. The van der Waals surface area contributed by atoms with Gasteiger partial charge in [-0.3, -0.25) is 4.52 Å². The van der Waals surface area contributed by atoms with Gasteiger partial charge in [0.25, 0.3) is 0 Å². The molecule has 1 aliphatic heterocycles. The first kappa shape index (κ1) is 28.8. The molecular formula is C26H29FN5O5PS2. The van der Waals surface area contributed by atoms with Gasteiger partial charge in [0.2, 0.25) is 0 Å². The molecule has 2 aromatic heterocycles. The molecule has 0 bridgehead atoms. The van der Waals surface area contributed by atoms with Gasteiger partial charge in [0.1, 0.15) is 29.5 Å². The van der Waals surface area contributed by atoms with Crippen molar-refractivity contribution in [2.75, 3.05) is 23.6 Å². The molecule has 4 atom stereocenters. The van der Waals surface area contributed by atoms with Gasteiger partial charge in [-0.15, -0.1) is 0 Å². The van der Waals surface area contributed by atoms with Crippen molar-refractivity contribution in [3.63, 3.8) is 0 Å². The van der Waals surface area contributed by atoms with Crippen LogP contribution in [0.5, 0.6) is 5.75 Å². The van der Waals surface area contributed by atoms with Gasteiger partial charge < -0.3 is 24.3 Å². The van der Waals surface area contributed by atoms with Crippen LogP contribution in [0.15, 0.2) is 67.3 Å². The Hall–Kier alpha value is -2.67. The highest BCUT2D eigenvalue weighted by Crippen LogP contribution is 2.52. The first-order valence-corrected chi connectivity index (χ1v) is 16.8. The maximum atomic E-state index is 14.1. The number of nitrogens with two attached hydrogens (primary N) is 1. The van der Waals surface area contributed by atoms with Gasteiger partial charge in [-0.25, -0.2) is 23.9 Å². The Labute approximate surface area is 239 Å². The lowest BCUT2D eigenvalue weighted by atomic mass is 10.2. The number of benzene rings is 2. The monoisotopic (exact) mass is 605 g/mol. The van der Waals surface area contributed by atoms with Gasteiger partial charge >= 0.3 is 7.60 Å². The Morgan fingerprint density at radius 2 is 1.82 bits per heavy atom. The van der Waals surface area contributed by atoms with Crippen LogP contribution in [0.2, 0.25) is 0 Å². The molecule has 1 unspecified atom stereocenters. The van der Waals surface area contributed by atoms with Crippen LogP contribution < -0.4 is 10.3 Å². The fraction of sp³-hybridized carbons (Fsp3) is 0.346. The molecule has 0 amide bonds. The summed E-state index contributed by atoms with van der Waals surface area (Å²) in [6.45, 7) is 2.60. The minimum Gasteiger partial charge on any atom is -0.423 e. The van der Waals surface area contributed by atoms with E-state index in [2.05, 4.69) is 15.0 Å². The average Bonchev–Trinajstić information content (AvgIpc) is 3.37. The maximum absolute atomic E-state index is 14.1. The topological polar surface area (TPSA) is 124 Å². The van der Waals surface area contributed by atoms with Crippen molar-refractivity contribution in [2.45, 2.75) is 38.4 Å². The predicted molar refractivity (Wildman–Crippen MR) is 155 cm³/mol. The number of halogens is 1. The summed E-state index contributed by atoms with van der Waals surface area (Å²) in [5.74, 6) is 1.29. The van der Waals surface area contributed by atoms with Crippen molar-refractivity contribution < 1.29 is 27.5 Å². The minimum absolute atomic E-state index is 0.216. The lowest BCUT2D eigenvalue weighted by Crippen LogP contribution is -2.38. The van der Waals surface area contributed by atoms with Crippen LogP contribution in [0.1, 0.15) is 12.5 Å². The molecule has 212 valence electrons. The van der Waals surface area contributed by atoms with E-state index in [0.717, 1.165) is 5.56 Å². The first-order valence-electron chi connectivity index (χ1n) is 12.5.